The standard InChI is InChI=1S/C20H36N4O5S2/c1-12(2)16(20(28)29)23-17(25)14(8-11-31-4)22-18(26)15-6-5-9-24(15)19(27)13(21)7-10-30-3/h12-16H,5-11,21H2,1-4H3,(H,22,26)(H,23,25)(H,28,29). The van der Waals surface area contributed by atoms with Crippen LogP contribution in [0.4, 0.5) is 0 Å². The van der Waals surface area contributed by atoms with Gasteiger partial charge in [0.25, 0.3) is 0 Å². The fraction of sp³-hybridized carbons (Fsp3) is 0.800. The highest BCUT2D eigenvalue weighted by atomic mass is 32.2. The summed E-state index contributed by atoms with van der Waals surface area (Å²) >= 11 is 3.13. The summed E-state index contributed by atoms with van der Waals surface area (Å²) in [4.78, 5) is 51.4. The SMILES string of the molecule is CSCCC(N)C(=O)N1CCCC1C(=O)NC(CCSC)C(=O)NC(C(=O)O)C(C)C. The Kier molecular flexibility index (Phi) is 12.3. The first-order chi connectivity index (χ1) is 14.6. The first-order valence-corrected chi connectivity index (χ1v) is 13.3. The summed E-state index contributed by atoms with van der Waals surface area (Å²) < 4.78 is 0. The van der Waals surface area contributed by atoms with Crippen molar-refractivity contribution < 1.29 is 24.3 Å². The van der Waals surface area contributed by atoms with Crippen LogP contribution in [0.2, 0.25) is 0 Å². The number of likely N-dealkylation sites (tertiary alicyclic amines) is 1. The zero-order valence-electron chi connectivity index (χ0n) is 18.8. The molecule has 5 N–H and O–H groups in total. The summed E-state index contributed by atoms with van der Waals surface area (Å²) in [5.41, 5.74) is 6.01. The van der Waals surface area contributed by atoms with Gasteiger partial charge in [0.1, 0.15) is 18.1 Å². The summed E-state index contributed by atoms with van der Waals surface area (Å²) in [6.45, 7) is 3.87. The molecule has 9 nitrogen and oxygen atoms in total. The molecule has 0 spiro atoms. The lowest BCUT2D eigenvalue weighted by Crippen LogP contribution is -2.57. The second kappa shape index (κ2) is 13.8. The average Bonchev–Trinajstić information content (AvgIpc) is 3.21. The van der Waals surface area contributed by atoms with Crippen molar-refractivity contribution in [3.05, 3.63) is 0 Å². The third kappa shape index (κ3) is 8.53. The Morgan fingerprint density at radius 2 is 1.71 bits per heavy atom. The maximum Gasteiger partial charge on any atom is 0.326 e. The smallest absolute Gasteiger partial charge is 0.326 e. The van der Waals surface area contributed by atoms with Crippen molar-refractivity contribution in [3.63, 3.8) is 0 Å². The van der Waals surface area contributed by atoms with Gasteiger partial charge in [-0.2, -0.15) is 23.5 Å². The molecule has 31 heavy (non-hydrogen) atoms. The normalized spacial score (nSPS) is 19.0. The Balaban J connectivity index is 2.86. The minimum Gasteiger partial charge on any atom is -0.480 e. The molecule has 3 amide bonds. The minimum atomic E-state index is -1.12. The van der Waals surface area contributed by atoms with Crippen LogP contribution in [0, 0.1) is 5.92 Å². The molecular formula is C20H36N4O5S2. The van der Waals surface area contributed by atoms with Crippen LogP contribution in [0.25, 0.3) is 0 Å². The van der Waals surface area contributed by atoms with E-state index in [2.05, 4.69) is 10.6 Å². The zero-order valence-corrected chi connectivity index (χ0v) is 20.4. The summed E-state index contributed by atoms with van der Waals surface area (Å²) in [5, 5.41) is 14.6. The Labute approximate surface area is 193 Å². The topological polar surface area (TPSA) is 142 Å². The fourth-order valence-corrected chi connectivity index (χ4v) is 4.39. The number of carboxylic acids is 1. The van der Waals surface area contributed by atoms with Gasteiger partial charge in [-0.05, 0) is 55.6 Å². The van der Waals surface area contributed by atoms with Gasteiger partial charge in [0.2, 0.25) is 17.7 Å². The Morgan fingerprint density at radius 1 is 1.10 bits per heavy atom. The van der Waals surface area contributed by atoms with Gasteiger partial charge < -0.3 is 26.4 Å². The second-order valence-corrected chi connectivity index (χ2v) is 9.96. The molecule has 0 radical (unpaired) electrons. The van der Waals surface area contributed by atoms with Crippen LogP contribution in [0.1, 0.15) is 39.5 Å². The van der Waals surface area contributed by atoms with Crippen LogP contribution in [-0.4, -0.2) is 88.4 Å². The molecule has 1 aliphatic rings. The van der Waals surface area contributed by atoms with Crippen molar-refractivity contribution in [2.24, 2.45) is 11.7 Å². The van der Waals surface area contributed by atoms with E-state index in [9.17, 15) is 24.3 Å². The molecule has 0 aliphatic carbocycles. The summed E-state index contributed by atoms with van der Waals surface area (Å²) in [6, 6.07) is -3.24. The number of nitrogens with zero attached hydrogens (tertiary/aromatic N) is 1. The lowest BCUT2D eigenvalue weighted by molar-refractivity contribution is -0.144. The monoisotopic (exact) mass is 476 g/mol. The molecule has 0 saturated carbocycles. The van der Waals surface area contributed by atoms with Gasteiger partial charge in [-0.3, -0.25) is 14.4 Å². The van der Waals surface area contributed by atoms with Crippen molar-refractivity contribution in [2.45, 2.75) is 63.7 Å². The van der Waals surface area contributed by atoms with E-state index < -0.39 is 42.0 Å². The highest BCUT2D eigenvalue weighted by Gasteiger charge is 2.37. The third-order valence-electron chi connectivity index (χ3n) is 5.26. The van der Waals surface area contributed by atoms with Gasteiger partial charge in [-0.15, -0.1) is 0 Å². The predicted molar refractivity (Wildman–Crippen MR) is 125 cm³/mol. The highest BCUT2D eigenvalue weighted by molar-refractivity contribution is 7.98. The zero-order chi connectivity index (χ0) is 23.6. The minimum absolute atomic E-state index is 0.248. The van der Waals surface area contributed by atoms with Crippen LogP contribution < -0.4 is 16.4 Å². The first kappa shape index (κ1) is 27.6. The Bertz CT molecular complexity index is 635. The van der Waals surface area contributed by atoms with E-state index >= 15 is 0 Å². The van der Waals surface area contributed by atoms with Crippen molar-refractivity contribution in [1.82, 2.24) is 15.5 Å². The molecule has 4 unspecified atom stereocenters. The molecule has 1 rings (SSSR count). The molecule has 1 fully saturated rings. The van der Waals surface area contributed by atoms with Gasteiger partial charge in [-0.1, -0.05) is 13.8 Å². The Hall–Kier alpha value is -1.46. The van der Waals surface area contributed by atoms with E-state index in [1.165, 1.54) is 16.7 Å². The predicted octanol–water partition coefficient (Wildman–Crippen LogP) is 0.521. The van der Waals surface area contributed by atoms with Gasteiger partial charge in [0, 0.05) is 6.54 Å². The van der Waals surface area contributed by atoms with Gasteiger partial charge in [-0.25, -0.2) is 4.79 Å². The summed E-state index contributed by atoms with van der Waals surface area (Å²) in [6.07, 6.45) is 5.92. The number of nitrogens with one attached hydrogen (secondary N) is 2. The number of hydrogen-bond acceptors (Lipinski definition) is 7. The molecule has 4 atom stereocenters. The number of hydrogen-bond donors (Lipinski definition) is 4. The largest absolute Gasteiger partial charge is 0.480 e. The van der Waals surface area contributed by atoms with Crippen LogP contribution in [0.5, 0.6) is 0 Å². The molecule has 1 aliphatic heterocycles. The quantitative estimate of drug-likeness (QED) is 0.301. The van der Waals surface area contributed by atoms with Crippen molar-refractivity contribution in [1.29, 1.82) is 0 Å². The van der Waals surface area contributed by atoms with E-state index in [4.69, 9.17) is 5.73 Å². The van der Waals surface area contributed by atoms with Crippen LogP contribution >= 0.6 is 23.5 Å². The van der Waals surface area contributed by atoms with Gasteiger partial charge in [0.05, 0.1) is 6.04 Å². The molecule has 178 valence electrons. The molecule has 0 aromatic carbocycles. The van der Waals surface area contributed by atoms with E-state index in [1.807, 2.05) is 12.5 Å². The van der Waals surface area contributed by atoms with Gasteiger partial charge >= 0.3 is 5.97 Å². The Morgan fingerprint density at radius 3 is 2.26 bits per heavy atom. The highest BCUT2D eigenvalue weighted by Crippen LogP contribution is 2.20. The molecule has 0 bridgehead atoms. The van der Waals surface area contributed by atoms with E-state index in [0.717, 1.165) is 5.75 Å². The number of carbonyl (C=O) groups excluding carboxylic acids is 3. The second-order valence-electron chi connectivity index (χ2n) is 7.99. The molecule has 0 aromatic rings. The number of carboxylic acid groups (broad SMARTS) is 1. The molecule has 0 aromatic heterocycles. The summed E-state index contributed by atoms with van der Waals surface area (Å²) in [7, 11) is 0. The van der Waals surface area contributed by atoms with E-state index in [0.29, 0.717) is 38.0 Å². The maximum atomic E-state index is 13.0. The lowest BCUT2D eigenvalue weighted by atomic mass is 10.0. The van der Waals surface area contributed by atoms with E-state index in [1.54, 1.807) is 25.6 Å². The van der Waals surface area contributed by atoms with Crippen LogP contribution in [0.3, 0.4) is 0 Å². The lowest BCUT2D eigenvalue weighted by Gasteiger charge is -2.29. The number of amides is 3. The fourth-order valence-electron chi connectivity index (χ4n) is 3.42. The molecule has 11 heteroatoms. The number of carbonyl (C=O) groups is 4. The first-order valence-electron chi connectivity index (χ1n) is 10.5. The average molecular weight is 477 g/mol. The van der Waals surface area contributed by atoms with E-state index in [-0.39, 0.29) is 11.8 Å². The molecule has 1 heterocycles. The number of nitrogens with two attached hydrogens (primary N) is 1. The summed E-state index contributed by atoms with van der Waals surface area (Å²) in [5.74, 6) is -1.23. The van der Waals surface area contributed by atoms with Crippen molar-refractivity contribution >= 4 is 47.2 Å². The third-order valence-corrected chi connectivity index (χ3v) is 6.55. The maximum absolute atomic E-state index is 13.0. The molecule has 1 saturated heterocycles. The number of aliphatic carboxylic acids is 1. The van der Waals surface area contributed by atoms with Crippen LogP contribution in [0.15, 0.2) is 0 Å². The van der Waals surface area contributed by atoms with Crippen molar-refractivity contribution in [3.8, 4) is 0 Å². The number of rotatable bonds is 13. The molecular weight excluding hydrogens is 440 g/mol. The van der Waals surface area contributed by atoms with Crippen LogP contribution in [-0.2, 0) is 19.2 Å². The number of thioether (sulfide) groups is 2. The van der Waals surface area contributed by atoms with Gasteiger partial charge in [0.15, 0.2) is 0 Å². The van der Waals surface area contributed by atoms with Crippen molar-refractivity contribution in [2.75, 3.05) is 30.6 Å².